The summed E-state index contributed by atoms with van der Waals surface area (Å²) in [5, 5.41) is 0. The van der Waals surface area contributed by atoms with Crippen LogP contribution in [0.25, 0.3) is 0 Å². The van der Waals surface area contributed by atoms with Gasteiger partial charge < -0.3 is 18.9 Å². The van der Waals surface area contributed by atoms with Gasteiger partial charge in [-0.05, 0) is 83.5 Å². The van der Waals surface area contributed by atoms with Crippen LogP contribution in [-0.4, -0.2) is 75.6 Å². The minimum Gasteiger partial charge on any atom is -0.457 e. The van der Waals surface area contributed by atoms with E-state index in [9.17, 15) is 14.3 Å². The summed E-state index contributed by atoms with van der Waals surface area (Å²) < 4.78 is 34.9. The van der Waals surface area contributed by atoms with Crippen molar-refractivity contribution in [3.63, 3.8) is 0 Å². The molecule has 59 heavy (non-hydrogen) atoms. The first kappa shape index (κ1) is 56.2. The number of phosphoric acid groups is 1. The number of nitrogens with zero attached hydrogens (tertiary/aromatic N) is 1. The lowest BCUT2D eigenvalue weighted by molar-refractivity contribution is -0.870. The van der Waals surface area contributed by atoms with Gasteiger partial charge in [-0.25, -0.2) is 4.57 Å². The van der Waals surface area contributed by atoms with E-state index in [2.05, 4.69) is 123 Å². The average molecular weight is 843 g/mol. The zero-order valence-corrected chi connectivity index (χ0v) is 38.8. The second-order valence-electron chi connectivity index (χ2n) is 15.7. The van der Waals surface area contributed by atoms with Crippen molar-refractivity contribution in [2.45, 2.75) is 148 Å². The summed E-state index contributed by atoms with van der Waals surface area (Å²) >= 11 is 0. The molecule has 0 radical (unpaired) electrons. The van der Waals surface area contributed by atoms with E-state index >= 15 is 0 Å². The number of phosphoric ester groups is 1. The second-order valence-corrected chi connectivity index (χ2v) is 17.1. The van der Waals surface area contributed by atoms with Crippen molar-refractivity contribution in [2.75, 3.05) is 54.1 Å². The van der Waals surface area contributed by atoms with Crippen LogP contribution in [0.4, 0.5) is 0 Å². The molecular weight excluding hydrogens is 758 g/mol. The molecule has 0 aromatic rings. The molecule has 0 bridgehead atoms. The lowest BCUT2D eigenvalue weighted by atomic mass is 10.1. The maximum atomic E-state index is 12.7. The van der Waals surface area contributed by atoms with Gasteiger partial charge in [-0.15, -0.1) is 0 Å². The second kappa shape index (κ2) is 41.9. The van der Waals surface area contributed by atoms with Crippen molar-refractivity contribution in [3.8, 4) is 0 Å². The van der Waals surface area contributed by atoms with Gasteiger partial charge in [0, 0.05) is 6.42 Å². The van der Waals surface area contributed by atoms with Gasteiger partial charge in [-0.2, -0.15) is 0 Å². The largest absolute Gasteiger partial charge is 0.472 e. The fourth-order valence-electron chi connectivity index (χ4n) is 5.43. The summed E-state index contributed by atoms with van der Waals surface area (Å²) in [7, 11) is 1.60. The van der Waals surface area contributed by atoms with E-state index in [-0.39, 0.29) is 25.8 Å². The minimum absolute atomic E-state index is 0.0670. The molecule has 0 rings (SSSR count). The zero-order valence-electron chi connectivity index (χ0n) is 37.9. The number of carbonyl (C=O) groups excluding carboxylic acids is 1. The highest BCUT2D eigenvalue weighted by atomic mass is 31.2. The first-order valence-electron chi connectivity index (χ1n) is 22.6. The highest BCUT2D eigenvalue weighted by Gasteiger charge is 2.26. The zero-order chi connectivity index (χ0) is 43.4. The van der Waals surface area contributed by atoms with E-state index in [0.717, 1.165) is 83.5 Å². The van der Waals surface area contributed by atoms with Gasteiger partial charge in [0.05, 0.1) is 41.0 Å². The number of quaternary nitrogens is 1. The number of likely N-dealkylation sites (N-methyl/N-ethyl adjacent to an activating group) is 1. The van der Waals surface area contributed by atoms with Crippen LogP contribution in [0.1, 0.15) is 142 Å². The molecule has 0 saturated carbocycles. The Hall–Kier alpha value is -2.84. The van der Waals surface area contributed by atoms with E-state index in [0.29, 0.717) is 30.5 Å². The van der Waals surface area contributed by atoms with Crippen molar-refractivity contribution in [1.82, 2.24) is 0 Å². The van der Waals surface area contributed by atoms with E-state index in [4.69, 9.17) is 18.5 Å². The van der Waals surface area contributed by atoms with Gasteiger partial charge in [0.2, 0.25) is 0 Å². The molecule has 0 spiro atoms. The third kappa shape index (κ3) is 46.1. The van der Waals surface area contributed by atoms with Crippen molar-refractivity contribution >= 4 is 13.8 Å². The first-order valence-corrected chi connectivity index (χ1v) is 24.1. The standard InChI is InChI=1S/C50H84NO7P/c1-6-8-10-12-14-16-18-20-22-24-25-26-27-28-29-31-33-35-37-39-41-43-50(52)58-49(48-57-59(53,54)56-46-44-51(3,4)5)47-55-45-42-40-38-36-34-32-30-23-21-19-17-15-13-11-9-7-2/h8-11,14-17,20-23,25-26,32,34,38,40,49H,6-7,12-13,18-19,24,27-31,33,35-37,39,41-48H2,1-5H3/p+1/b10-8-,11-9-,16-14-,17-15-,22-20-,23-21-,26-25-,34-32-,40-38-. The number of allylic oxidation sites excluding steroid dienone is 17. The molecule has 8 nitrogen and oxygen atoms in total. The van der Waals surface area contributed by atoms with Gasteiger partial charge >= 0.3 is 13.8 Å². The number of hydrogen-bond donors (Lipinski definition) is 1. The molecule has 0 aliphatic heterocycles. The fourth-order valence-corrected chi connectivity index (χ4v) is 6.17. The first-order chi connectivity index (χ1) is 28.6. The summed E-state index contributed by atoms with van der Waals surface area (Å²) in [6, 6.07) is 0. The predicted molar refractivity (Wildman–Crippen MR) is 251 cm³/mol. The lowest BCUT2D eigenvalue weighted by Crippen LogP contribution is -2.37. The number of hydrogen-bond acceptors (Lipinski definition) is 6. The van der Waals surface area contributed by atoms with E-state index in [1.54, 1.807) is 0 Å². The van der Waals surface area contributed by atoms with Gasteiger partial charge in [-0.1, -0.05) is 162 Å². The molecule has 2 unspecified atom stereocenters. The highest BCUT2D eigenvalue weighted by molar-refractivity contribution is 7.47. The molecule has 0 aromatic heterocycles. The third-order valence-electron chi connectivity index (χ3n) is 8.85. The van der Waals surface area contributed by atoms with Crippen LogP contribution in [0.3, 0.4) is 0 Å². The molecule has 336 valence electrons. The molecule has 0 heterocycles. The van der Waals surface area contributed by atoms with E-state index in [1.807, 2.05) is 21.1 Å². The van der Waals surface area contributed by atoms with E-state index < -0.39 is 13.9 Å². The third-order valence-corrected chi connectivity index (χ3v) is 9.83. The van der Waals surface area contributed by atoms with Gasteiger partial charge in [0.1, 0.15) is 19.3 Å². The maximum absolute atomic E-state index is 12.7. The number of carbonyl (C=O) groups is 1. The van der Waals surface area contributed by atoms with Crippen LogP contribution >= 0.6 is 7.82 Å². The van der Waals surface area contributed by atoms with Crippen molar-refractivity contribution in [3.05, 3.63) is 109 Å². The van der Waals surface area contributed by atoms with Gasteiger partial charge in [-0.3, -0.25) is 13.8 Å². The monoisotopic (exact) mass is 843 g/mol. The van der Waals surface area contributed by atoms with Crippen molar-refractivity contribution in [2.24, 2.45) is 0 Å². The Balaban J connectivity index is 4.35. The van der Waals surface area contributed by atoms with Crippen LogP contribution < -0.4 is 0 Å². The van der Waals surface area contributed by atoms with Gasteiger partial charge in [0.25, 0.3) is 0 Å². The molecule has 0 amide bonds. The Morgan fingerprint density at radius 3 is 1.39 bits per heavy atom. The Morgan fingerprint density at radius 2 is 0.932 bits per heavy atom. The summed E-state index contributed by atoms with van der Waals surface area (Å²) in [6.07, 6.45) is 58.6. The Labute approximate surface area is 361 Å². The number of esters is 1. The quantitative estimate of drug-likeness (QED) is 0.0216. The topological polar surface area (TPSA) is 91.3 Å². The van der Waals surface area contributed by atoms with E-state index in [1.165, 1.54) is 32.1 Å². The smallest absolute Gasteiger partial charge is 0.457 e. The summed E-state index contributed by atoms with van der Waals surface area (Å²) in [6.45, 7) is 5.12. The van der Waals surface area contributed by atoms with Crippen LogP contribution in [0.5, 0.6) is 0 Å². The molecule has 0 fully saturated rings. The number of unbranched alkanes of at least 4 members (excludes halogenated alkanes) is 8. The minimum atomic E-state index is -4.31. The summed E-state index contributed by atoms with van der Waals surface area (Å²) in [4.78, 5) is 22.9. The molecule has 0 saturated heterocycles. The highest BCUT2D eigenvalue weighted by Crippen LogP contribution is 2.43. The maximum Gasteiger partial charge on any atom is 0.472 e. The van der Waals surface area contributed by atoms with Crippen molar-refractivity contribution in [1.29, 1.82) is 0 Å². The van der Waals surface area contributed by atoms with Crippen molar-refractivity contribution < 1.29 is 37.3 Å². The summed E-state index contributed by atoms with van der Waals surface area (Å²) in [5.41, 5.74) is 0. The molecule has 0 aromatic carbocycles. The number of ether oxygens (including phenoxy) is 2. The SMILES string of the molecule is CC/C=C\C/C=C\C/C=C\C/C=C\C/C=C\CCOCC(COP(=O)(O)OCC[N+](C)(C)C)OC(=O)CCCCCCCCCC/C=C\C/C=C\C/C=C\C/C=C\CC. The molecule has 1 N–H and O–H groups in total. The lowest BCUT2D eigenvalue weighted by Gasteiger charge is -2.24. The molecule has 9 heteroatoms. The molecule has 0 aliphatic rings. The van der Waals surface area contributed by atoms with Crippen LogP contribution in [0.15, 0.2) is 109 Å². The van der Waals surface area contributed by atoms with Crippen LogP contribution in [0.2, 0.25) is 0 Å². The normalized spacial score (nSPS) is 14.7. The number of rotatable bonds is 40. The molecular formula is C50H85NO7P+. The van der Waals surface area contributed by atoms with Gasteiger partial charge in [0.15, 0.2) is 0 Å². The average Bonchev–Trinajstić information content (AvgIpc) is 3.19. The van der Waals surface area contributed by atoms with Crippen LogP contribution in [0, 0.1) is 0 Å². The Morgan fingerprint density at radius 1 is 0.525 bits per heavy atom. The summed E-state index contributed by atoms with van der Waals surface area (Å²) in [5.74, 6) is -0.352. The molecule has 2 atom stereocenters. The Bertz CT molecular complexity index is 1300. The fraction of sp³-hybridized carbons (Fsp3) is 0.620. The van der Waals surface area contributed by atoms with Crippen LogP contribution in [-0.2, 0) is 27.9 Å². The molecule has 0 aliphatic carbocycles. The predicted octanol–water partition coefficient (Wildman–Crippen LogP) is 13.6. The Kier molecular flexibility index (Phi) is 39.9.